The first-order chi connectivity index (χ1) is 7.43. The van der Waals surface area contributed by atoms with Crippen LogP contribution in [0.15, 0.2) is 24.3 Å². The summed E-state index contributed by atoms with van der Waals surface area (Å²) < 4.78 is 36.8. The van der Waals surface area contributed by atoms with Gasteiger partial charge in [-0.3, -0.25) is 4.79 Å². The first kappa shape index (κ1) is 17.1. The van der Waals surface area contributed by atoms with Crippen molar-refractivity contribution in [2.45, 2.75) is 0 Å². The molecule has 0 spiro atoms. The van der Waals surface area contributed by atoms with E-state index >= 15 is 0 Å². The van der Waals surface area contributed by atoms with Gasteiger partial charge in [0.25, 0.3) is 0 Å². The smallest absolute Gasteiger partial charge is 0.445 e. The normalized spacial score (nSPS) is 10.6. The van der Waals surface area contributed by atoms with E-state index < -0.39 is 12.4 Å². The fraction of sp³-hybridized carbons (Fsp3) is 0.222. The van der Waals surface area contributed by atoms with Gasteiger partial charge < -0.3 is 23.6 Å². The first-order valence-corrected chi connectivity index (χ1v) is 4.68. The van der Waals surface area contributed by atoms with Crippen molar-refractivity contribution >= 4 is 24.0 Å². The van der Waals surface area contributed by atoms with Gasteiger partial charge in [0.2, 0.25) is 5.91 Å². The van der Waals surface area contributed by atoms with Crippen LogP contribution in [0, 0.1) is 0 Å². The second kappa shape index (κ2) is 7.55. The molecule has 88 valence electrons. The van der Waals surface area contributed by atoms with Crippen molar-refractivity contribution in [3.8, 4) is 0 Å². The van der Waals surface area contributed by atoms with Gasteiger partial charge in [-0.1, -0.05) is 12.1 Å². The van der Waals surface area contributed by atoms with Crippen molar-refractivity contribution in [1.29, 1.82) is 0 Å². The molecule has 0 aliphatic heterocycles. The van der Waals surface area contributed by atoms with E-state index in [0.717, 1.165) is 12.1 Å². The number of nitrogens with one attached hydrogen (secondary N) is 2. The molecule has 0 radical (unpaired) electrons. The molecule has 1 aromatic carbocycles. The maximum absolute atomic E-state index is 12.3. The predicted molar refractivity (Wildman–Crippen MR) is 57.7 cm³/mol. The SMILES string of the molecule is CNCC(=O)Nc1ccc([B-](F)(F)F)cc1.[K+]. The molecule has 1 aromatic rings. The number of halogens is 3. The van der Waals surface area contributed by atoms with E-state index in [0.29, 0.717) is 5.69 Å². The number of carbonyl (C=O) groups is 1. The van der Waals surface area contributed by atoms with Crippen LogP contribution >= 0.6 is 0 Å². The van der Waals surface area contributed by atoms with Gasteiger partial charge in [0.15, 0.2) is 0 Å². The molecule has 0 atom stereocenters. The molecule has 0 aliphatic rings. The van der Waals surface area contributed by atoms with Crippen molar-refractivity contribution in [2.75, 3.05) is 18.9 Å². The van der Waals surface area contributed by atoms with Crippen molar-refractivity contribution in [3.63, 3.8) is 0 Å². The van der Waals surface area contributed by atoms with Crippen LogP contribution in [0.3, 0.4) is 0 Å². The predicted octanol–water partition coefficient (Wildman–Crippen LogP) is -2.10. The van der Waals surface area contributed by atoms with Gasteiger partial charge in [0.1, 0.15) is 0 Å². The molecule has 8 heteroatoms. The second-order valence-electron chi connectivity index (χ2n) is 3.28. The van der Waals surface area contributed by atoms with E-state index in [9.17, 15) is 17.7 Å². The van der Waals surface area contributed by atoms with Gasteiger partial charge in [0, 0.05) is 5.69 Å². The van der Waals surface area contributed by atoms with E-state index in [1.165, 1.54) is 12.1 Å². The fourth-order valence-electron chi connectivity index (χ4n) is 1.15. The molecule has 0 aromatic heterocycles. The minimum absolute atomic E-state index is 0. The van der Waals surface area contributed by atoms with E-state index in [2.05, 4.69) is 10.6 Å². The maximum Gasteiger partial charge on any atom is 1.00 e. The van der Waals surface area contributed by atoms with Gasteiger partial charge >= 0.3 is 58.4 Å². The van der Waals surface area contributed by atoms with Crippen molar-refractivity contribution in [1.82, 2.24) is 5.32 Å². The van der Waals surface area contributed by atoms with Crippen LogP contribution < -0.4 is 67.5 Å². The Morgan fingerprint density at radius 2 is 1.76 bits per heavy atom. The zero-order valence-corrected chi connectivity index (χ0v) is 12.8. The fourth-order valence-corrected chi connectivity index (χ4v) is 1.15. The number of benzene rings is 1. The van der Waals surface area contributed by atoms with Crippen LogP contribution in [0.4, 0.5) is 18.6 Å². The van der Waals surface area contributed by atoms with E-state index in [1.807, 2.05) is 0 Å². The number of amides is 1. The third kappa shape index (κ3) is 6.03. The topological polar surface area (TPSA) is 41.1 Å². The summed E-state index contributed by atoms with van der Waals surface area (Å²) in [6.45, 7) is -4.86. The Morgan fingerprint density at radius 3 is 2.18 bits per heavy atom. The van der Waals surface area contributed by atoms with Crippen LogP contribution in [-0.4, -0.2) is 26.5 Å². The van der Waals surface area contributed by atoms with Crippen LogP contribution in [0.5, 0.6) is 0 Å². The number of carbonyl (C=O) groups excluding carboxylic acids is 1. The zero-order valence-electron chi connectivity index (χ0n) is 9.64. The summed E-state index contributed by atoms with van der Waals surface area (Å²) in [7, 11) is 1.61. The maximum atomic E-state index is 12.3. The summed E-state index contributed by atoms with van der Waals surface area (Å²) >= 11 is 0. The van der Waals surface area contributed by atoms with Crippen molar-refractivity contribution in [3.05, 3.63) is 24.3 Å². The third-order valence-electron chi connectivity index (χ3n) is 1.91. The molecule has 0 unspecified atom stereocenters. The quantitative estimate of drug-likeness (QED) is 0.616. The molecule has 1 amide bonds. The average Bonchev–Trinajstić information content (AvgIpc) is 2.17. The minimum Gasteiger partial charge on any atom is -0.445 e. The van der Waals surface area contributed by atoms with Crippen LogP contribution in [0.25, 0.3) is 0 Å². The number of hydrogen-bond donors (Lipinski definition) is 2. The number of rotatable bonds is 4. The Morgan fingerprint density at radius 1 is 1.24 bits per heavy atom. The summed E-state index contributed by atoms with van der Waals surface area (Å²) in [5.41, 5.74) is -0.323. The molecule has 1 rings (SSSR count). The monoisotopic (exact) mass is 270 g/mol. The van der Waals surface area contributed by atoms with Crippen LogP contribution in [0.2, 0.25) is 0 Å². The molecule has 0 bridgehead atoms. The molecule has 3 nitrogen and oxygen atoms in total. The Bertz CT molecular complexity index is 369. The Kier molecular flexibility index (Phi) is 7.61. The van der Waals surface area contributed by atoms with Gasteiger partial charge in [-0.15, -0.1) is 5.46 Å². The molecular formula is C9H11BF3KN2O. The van der Waals surface area contributed by atoms with E-state index in [-0.39, 0.29) is 63.8 Å². The largest absolute Gasteiger partial charge is 1.00 e. The van der Waals surface area contributed by atoms with Crippen LogP contribution in [-0.2, 0) is 4.79 Å². The molecule has 17 heavy (non-hydrogen) atoms. The van der Waals surface area contributed by atoms with Crippen molar-refractivity contribution < 1.29 is 69.1 Å². The third-order valence-corrected chi connectivity index (χ3v) is 1.91. The Hall–Kier alpha value is 0.141. The van der Waals surface area contributed by atoms with Gasteiger partial charge in [-0.2, -0.15) is 0 Å². The molecule has 2 N–H and O–H groups in total. The number of likely N-dealkylation sites (N-methyl/N-ethyl adjacent to an activating group) is 1. The Labute approximate surface area is 140 Å². The summed E-state index contributed by atoms with van der Waals surface area (Å²) in [6, 6.07) is 4.38. The van der Waals surface area contributed by atoms with Gasteiger partial charge in [0.05, 0.1) is 6.54 Å². The Balaban J connectivity index is 0.00000256. The average molecular weight is 270 g/mol. The summed E-state index contributed by atoms with van der Waals surface area (Å²) in [4.78, 5) is 11.1. The number of hydrogen-bond acceptors (Lipinski definition) is 2. The molecule has 0 aliphatic carbocycles. The molecular weight excluding hydrogens is 259 g/mol. The summed E-state index contributed by atoms with van der Waals surface area (Å²) in [5, 5.41) is 5.09. The van der Waals surface area contributed by atoms with Gasteiger partial charge in [-0.25, -0.2) is 0 Å². The summed E-state index contributed by atoms with van der Waals surface area (Å²) in [5.74, 6) is -0.298. The first-order valence-electron chi connectivity index (χ1n) is 4.68. The molecule has 0 heterocycles. The second-order valence-corrected chi connectivity index (χ2v) is 3.28. The van der Waals surface area contributed by atoms with Gasteiger partial charge in [-0.05, 0) is 19.2 Å². The molecule has 0 saturated carbocycles. The zero-order chi connectivity index (χ0) is 12.2. The molecule has 0 saturated heterocycles. The number of anilines is 1. The minimum atomic E-state index is -4.98. The van der Waals surface area contributed by atoms with Crippen molar-refractivity contribution in [2.24, 2.45) is 0 Å². The van der Waals surface area contributed by atoms with E-state index in [1.54, 1.807) is 7.05 Å². The standard InChI is InChI=1S/C9H11BF3N2O.K/c1-14-6-9(16)15-8-4-2-7(3-5-8)10(11,12)13;/h2-5,14H,6H2,1H3,(H,15,16);/q-1;+1. The van der Waals surface area contributed by atoms with E-state index in [4.69, 9.17) is 0 Å². The molecule has 0 fully saturated rings. The van der Waals surface area contributed by atoms with Crippen LogP contribution in [0.1, 0.15) is 0 Å². The summed E-state index contributed by atoms with van der Waals surface area (Å²) in [6.07, 6.45) is 0.